The third-order valence-electron chi connectivity index (χ3n) is 4.88. The van der Waals surface area contributed by atoms with E-state index in [2.05, 4.69) is 12.7 Å². The molecule has 0 spiro atoms. The van der Waals surface area contributed by atoms with Crippen molar-refractivity contribution >= 4 is 10.1 Å². The topological polar surface area (TPSA) is 84.8 Å². The minimum atomic E-state index is -4.27. The van der Waals surface area contributed by atoms with E-state index in [0.29, 0.717) is 6.54 Å². The highest BCUT2D eigenvalue weighted by atomic mass is 32.2. The Bertz CT molecular complexity index is 366. The van der Waals surface area contributed by atoms with Crippen LogP contribution in [0.25, 0.3) is 0 Å². The molecule has 134 valence electrons. The maximum Gasteiger partial charge on any atom is 0.100 e. The molecule has 0 aliphatic heterocycles. The zero-order valence-electron chi connectivity index (χ0n) is 14.9. The normalized spacial score (nSPS) is 14.2. The zero-order valence-corrected chi connectivity index (χ0v) is 15.7. The van der Waals surface area contributed by atoms with Gasteiger partial charge >= 0.3 is 0 Å². The van der Waals surface area contributed by atoms with Crippen LogP contribution < -0.4 is 5.73 Å². The van der Waals surface area contributed by atoms with Gasteiger partial charge in [-0.3, -0.25) is 0 Å². The number of unbranched alkanes of at least 4 members (excludes halogenated alkanes) is 9. The molecule has 0 saturated carbocycles. The first-order chi connectivity index (χ1) is 10.3. The third kappa shape index (κ3) is 8.49. The first-order valence-corrected chi connectivity index (χ1v) is 10.4. The van der Waals surface area contributed by atoms with Gasteiger partial charge < -0.3 is 10.3 Å². The van der Waals surface area contributed by atoms with Gasteiger partial charge in [0.1, 0.15) is 10.1 Å². The van der Waals surface area contributed by atoms with E-state index in [9.17, 15) is 13.0 Å². The molecule has 0 rings (SSSR count). The van der Waals surface area contributed by atoms with Gasteiger partial charge in [0.05, 0.1) is 11.3 Å². The maximum atomic E-state index is 11.4. The molecular formula is C17H37NO3S. The largest absolute Gasteiger partial charge is 0.748 e. The summed E-state index contributed by atoms with van der Waals surface area (Å²) in [5.74, 6) is -0.135. The van der Waals surface area contributed by atoms with Gasteiger partial charge in [0, 0.05) is 5.92 Å². The van der Waals surface area contributed by atoms with Gasteiger partial charge in [-0.1, -0.05) is 71.1 Å². The first kappa shape index (κ1) is 21.9. The lowest BCUT2D eigenvalue weighted by molar-refractivity contribution is -0.381. The molecule has 0 fully saturated rings. The summed E-state index contributed by atoms with van der Waals surface area (Å²) in [5, 5.41) is 0. The van der Waals surface area contributed by atoms with Crippen LogP contribution in [0.4, 0.5) is 0 Å². The van der Waals surface area contributed by atoms with Crippen LogP contribution in [-0.2, 0) is 10.1 Å². The summed E-state index contributed by atoms with van der Waals surface area (Å²) in [6.45, 7) is 5.83. The van der Waals surface area contributed by atoms with Crippen molar-refractivity contribution < 1.29 is 18.7 Å². The second-order valence-corrected chi connectivity index (χ2v) is 8.97. The number of hydrogen-bond acceptors (Lipinski definition) is 3. The van der Waals surface area contributed by atoms with Crippen molar-refractivity contribution in [2.75, 3.05) is 6.54 Å². The second-order valence-electron chi connectivity index (χ2n) is 7.01. The molecule has 5 heteroatoms. The molecule has 0 aromatic rings. The Morgan fingerprint density at radius 2 is 1.32 bits per heavy atom. The maximum absolute atomic E-state index is 11.4. The minimum absolute atomic E-state index is 0.135. The van der Waals surface area contributed by atoms with E-state index in [1.165, 1.54) is 51.4 Å². The van der Waals surface area contributed by atoms with E-state index in [1.807, 2.05) is 0 Å². The standard InChI is InChI=1S/C17H37NO3S/c1-4-5-6-7-8-9-10-11-12-13-14-16(15-18)17(2,3)22(19,20)21/h16H,4-15,18H2,1-3H3,(H,19,20,21). The van der Waals surface area contributed by atoms with Crippen LogP contribution in [-0.4, -0.2) is 24.3 Å². The Morgan fingerprint density at radius 1 is 0.909 bits per heavy atom. The van der Waals surface area contributed by atoms with Gasteiger partial charge in [0.15, 0.2) is 0 Å². The summed E-state index contributed by atoms with van der Waals surface area (Å²) in [4.78, 5) is 0. The number of rotatable bonds is 14. The fourth-order valence-electron chi connectivity index (χ4n) is 2.92. The second kappa shape index (κ2) is 11.4. The minimum Gasteiger partial charge on any atom is -0.748 e. The van der Waals surface area contributed by atoms with Crippen molar-refractivity contribution in [2.45, 2.75) is 96.1 Å². The van der Waals surface area contributed by atoms with Crippen LogP contribution in [0.3, 0.4) is 0 Å². The zero-order chi connectivity index (χ0) is 17.1. The van der Waals surface area contributed by atoms with E-state index in [-0.39, 0.29) is 5.92 Å². The lowest BCUT2D eigenvalue weighted by Crippen LogP contribution is -2.59. The molecule has 1 atom stereocenters. The molecule has 0 heterocycles. The highest BCUT2D eigenvalue weighted by Crippen LogP contribution is 2.28. The molecule has 0 saturated heterocycles. The van der Waals surface area contributed by atoms with Crippen molar-refractivity contribution in [3.63, 3.8) is 0 Å². The predicted molar refractivity (Wildman–Crippen MR) is 91.5 cm³/mol. The van der Waals surface area contributed by atoms with Crippen LogP contribution in [0.2, 0.25) is 0 Å². The summed E-state index contributed by atoms with van der Waals surface area (Å²) >= 11 is 0. The molecule has 0 radical (unpaired) electrons. The molecule has 4 nitrogen and oxygen atoms in total. The number of hydrogen-bond donors (Lipinski definition) is 1. The summed E-state index contributed by atoms with van der Waals surface area (Å²) in [5.41, 5.74) is 3.83. The molecule has 0 aromatic heterocycles. The summed E-state index contributed by atoms with van der Waals surface area (Å²) in [7, 11) is -4.27. The van der Waals surface area contributed by atoms with Crippen molar-refractivity contribution in [3.8, 4) is 0 Å². The molecule has 3 N–H and O–H groups in total. The Kier molecular flexibility index (Phi) is 11.3. The van der Waals surface area contributed by atoms with E-state index >= 15 is 0 Å². The summed E-state index contributed by atoms with van der Waals surface area (Å²) in [6.07, 6.45) is 13.4. The van der Waals surface area contributed by atoms with E-state index in [1.54, 1.807) is 13.8 Å². The Balaban J connectivity index is 3.77. The third-order valence-corrected chi connectivity index (χ3v) is 6.50. The van der Waals surface area contributed by atoms with Gasteiger partial charge in [0.25, 0.3) is 0 Å². The SMILES string of the molecule is CCCCCCCCCCCCC(C[NH3+])C(C)(C)S(=O)(=O)[O-]. The average Bonchev–Trinajstić information content (AvgIpc) is 2.43. The Morgan fingerprint density at radius 3 is 1.68 bits per heavy atom. The van der Waals surface area contributed by atoms with Crippen molar-refractivity contribution in [2.24, 2.45) is 5.92 Å². The molecule has 0 aromatic carbocycles. The molecule has 0 amide bonds. The molecule has 0 bridgehead atoms. The van der Waals surface area contributed by atoms with Crippen molar-refractivity contribution in [1.82, 2.24) is 0 Å². The van der Waals surface area contributed by atoms with E-state index in [0.717, 1.165) is 19.3 Å². The van der Waals surface area contributed by atoms with Crippen LogP contribution in [0.15, 0.2) is 0 Å². The molecule has 0 aliphatic carbocycles. The van der Waals surface area contributed by atoms with Gasteiger partial charge in [0.2, 0.25) is 0 Å². The Labute approximate surface area is 138 Å². The summed E-state index contributed by atoms with van der Waals surface area (Å²) < 4.78 is 32.9. The van der Waals surface area contributed by atoms with E-state index < -0.39 is 14.9 Å². The molecule has 1 unspecified atom stereocenters. The molecule has 22 heavy (non-hydrogen) atoms. The lowest BCUT2D eigenvalue weighted by atomic mass is 9.89. The molecular weight excluding hydrogens is 298 g/mol. The monoisotopic (exact) mass is 335 g/mol. The first-order valence-electron chi connectivity index (χ1n) is 9.02. The summed E-state index contributed by atoms with van der Waals surface area (Å²) in [6, 6.07) is 0. The smallest absolute Gasteiger partial charge is 0.100 e. The van der Waals surface area contributed by atoms with Crippen molar-refractivity contribution in [3.05, 3.63) is 0 Å². The fraction of sp³-hybridized carbons (Fsp3) is 1.00. The Hall–Kier alpha value is -0.130. The van der Waals surface area contributed by atoms with Gasteiger partial charge in [-0.25, -0.2) is 8.42 Å². The highest BCUT2D eigenvalue weighted by molar-refractivity contribution is 7.87. The van der Waals surface area contributed by atoms with Crippen LogP contribution >= 0.6 is 0 Å². The van der Waals surface area contributed by atoms with Crippen LogP contribution in [0.5, 0.6) is 0 Å². The fourth-order valence-corrected chi connectivity index (χ4v) is 3.57. The van der Waals surface area contributed by atoms with Crippen LogP contribution in [0.1, 0.15) is 91.4 Å². The van der Waals surface area contributed by atoms with Gasteiger partial charge in [-0.2, -0.15) is 0 Å². The number of quaternary nitrogens is 1. The van der Waals surface area contributed by atoms with Crippen LogP contribution in [0, 0.1) is 5.92 Å². The average molecular weight is 336 g/mol. The lowest BCUT2D eigenvalue weighted by Gasteiger charge is -2.34. The highest BCUT2D eigenvalue weighted by Gasteiger charge is 2.35. The van der Waals surface area contributed by atoms with Gasteiger partial charge in [-0.15, -0.1) is 0 Å². The quantitative estimate of drug-likeness (QED) is 0.389. The van der Waals surface area contributed by atoms with Crippen molar-refractivity contribution in [1.29, 1.82) is 0 Å². The van der Waals surface area contributed by atoms with E-state index in [4.69, 9.17) is 0 Å². The molecule has 0 aliphatic rings. The van der Waals surface area contributed by atoms with Gasteiger partial charge in [-0.05, 0) is 20.3 Å². The predicted octanol–water partition coefficient (Wildman–Crippen LogP) is 3.48.